The lowest BCUT2D eigenvalue weighted by Crippen LogP contribution is -2.03. The highest BCUT2D eigenvalue weighted by Gasteiger charge is 2.14. The Morgan fingerprint density at radius 1 is 0.826 bits per heavy atom. The Morgan fingerprint density at radius 2 is 1.48 bits per heavy atom. The molecule has 1 aromatic heterocycles. The van der Waals surface area contributed by atoms with Gasteiger partial charge in [-0.15, -0.1) is 0 Å². The monoisotopic (exact) mass is 303 g/mol. The molecule has 2 nitrogen and oxygen atoms in total. The smallest absolute Gasteiger partial charge is 0.193 e. The third-order valence-electron chi connectivity index (χ3n) is 3.45. The summed E-state index contributed by atoms with van der Waals surface area (Å²) in [5.41, 5.74) is 2.70. The van der Waals surface area contributed by atoms with Crippen molar-refractivity contribution in [2.45, 2.75) is 0 Å². The van der Waals surface area contributed by atoms with E-state index < -0.39 is 0 Å². The molecule has 0 bridgehead atoms. The fraction of sp³-hybridized carbons (Fsp3) is 0. The minimum absolute atomic E-state index is 0.153. The van der Waals surface area contributed by atoms with Crippen molar-refractivity contribution in [2.75, 3.05) is 0 Å². The SMILES string of the molecule is O=C(C(=Cc1ccccc1)c1ccncc1)c1ccc(F)cc1. The molecule has 0 N–H and O–H groups in total. The molecule has 0 aliphatic carbocycles. The van der Waals surface area contributed by atoms with Crippen LogP contribution >= 0.6 is 0 Å². The van der Waals surface area contributed by atoms with Crippen LogP contribution in [0.2, 0.25) is 0 Å². The molecule has 0 radical (unpaired) electrons. The van der Waals surface area contributed by atoms with Crippen LogP contribution in [-0.2, 0) is 0 Å². The summed E-state index contributed by atoms with van der Waals surface area (Å²) in [6, 6.07) is 18.8. The second-order valence-electron chi connectivity index (χ2n) is 5.04. The summed E-state index contributed by atoms with van der Waals surface area (Å²) in [5, 5.41) is 0. The van der Waals surface area contributed by atoms with Gasteiger partial charge in [0, 0.05) is 23.5 Å². The third-order valence-corrected chi connectivity index (χ3v) is 3.45. The Bertz CT molecular complexity index is 825. The average molecular weight is 303 g/mol. The van der Waals surface area contributed by atoms with Crippen molar-refractivity contribution in [3.63, 3.8) is 0 Å². The van der Waals surface area contributed by atoms with Crippen LogP contribution in [0.1, 0.15) is 21.5 Å². The van der Waals surface area contributed by atoms with Gasteiger partial charge in [0.1, 0.15) is 5.82 Å². The van der Waals surface area contributed by atoms with Crippen molar-refractivity contribution in [1.29, 1.82) is 0 Å². The fourth-order valence-corrected chi connectivity index (χ4v) is 2.28. The van der Waals surface area contributed by atoms with Gasteiger partial charge in [-0.3, -0.25) is 9.78 Å². The van der Waals surface area contributed by atoms with Crippen LogP contribution in [0.3, 0.4) is 0 Å². The van der Waals surface area contributed by atoms with Crippen molar-refractivity contribution >= 4 is 17.4 Å². The molecule has 0 amide bonds. The van der Waals surface area contributed by atoms with Gasteiger partial charge in [0.25, 0.3) is 0 Å². The van der Waals surface area contributed by atoms with Crippen LogP contribution in [0.25, 0.3) is 11.6 Å². The quantitative estimate of drug-likeness (QED) is 0.519. The second-order valence-corrected chi connectivity index (χ2v) is 5.04. The van der Waals surface area contributed by atoms with Gasteiger partial charge in [-0.2, -0.15) is 0 Å². The topological polar surface area (TPSA) is 30.0 Å². The number of benzene rings is 2. The lowest BCUT2D eigenvalue weighted by molar-refractivity contribution is 0.105. The molecule has 112 valence electrons. The number of carbonyl (C=O) groups is 1. The van der Waals surface area contributed by atoms with E-state index in [-0.39, 0.29) is 11.6 Å². The Kier molecular flexibility index (Phi) is 4.39. The number of aromatic nitrogens is 1. The number of hydrogen-bond donors (Lipinski definition) is 0. The van der Waals surface area contributed by atoms with E-state index in [2.05, 4.69) is 4.98 Å². The van der Waals surface area contributed by atoms with Crippen molar-refractivity contribution in [3.05, 3.63) is 102 Å². The Morgan fingerprint density at radius 3 is 2.13 bits per heavy atom. The van der Waals surface area contributed by atoms with E-state index in [1.807, 2.05) is 36.4 Å². The fourth-order valence-electron chi connectivity index (χ4n) is 2.28. The molecule has 0 aliphatic rings. The first kappa shape index (κ1) is 14.9. The number of halogens is 1. The standard InChI is InChI=1S/C20H14FNO/c21-18-8-6-17(7-9-18)20(23)19(16-10-12-22-13-11-16)14-15-4-2-1-3-5-15/h1-14H. The second kappa shape index (κ2) is 6.79. The predicted molar refractivity (Wildman–Crippen MR) is 89.3 cm³/mol. The minimum Gasteiger partial charge on any atom is -0.289 e. The molecule has 0 spiro atoms. The zero-order valence-electron chi connectivity index (χ0n) is 12.3. The van der Waals surface area contributed by atoms with Crippen LogP contribution in [0.5, 0.6) is 0 Å². The molecule has 3 heteroatoms. The molecule has 0 atom stereocenters. The molecule has 0 saturated carbocycles. The molecule has 1 heterocycles. The number of nitrogens with zero attached hydrogens (tertiary/aromatic N) is 1. The van der Waals surface area contributed by atoms with Gasteiger partial charge in [-0.05, 0) is 53.6 Å². The highest BCUT2D eigenvalue weighted by atomic mass is 19.1. The first-order valence-corrected chi connectivity index (χ1v) is 7.21. The zero-order valence-corrected chi connectivity index (χ0v) is 12.3. The summed E-state index contributed by atoms with van der Waals surface area (Å²) < 4.78 is 13.1. The van der Waals surface area contributed by atoms with Gasteiger partial charge >= 0.3 is 0 Å². The molecular formula is C20H14FNO. The third kappa shape index (κ3) is 3.58. The van der Waals surface area contributed by atoms with Crippen molar-refractivity contribution < 1.29 is 9.18 Å². The van der Waals surface area contributed by atoms with E-state index in [0.29, 0.717) is 11.1 Å². The Labute approximate surface area is 133 Å². The molecule has 2 aromatic carbocycles. The number of rotatable bonds is 4. The first-order valence-electron chi connectivity index (χ1n) is 7.21. The van der Waals surface area contributed by atoms with E-state index >= 15 is 0 Å². The van der Waals surface area contributed by atoms with Gasteiger partial charge in [-0.25, -0.2) is 4.39 Å². The number of allylic oxidation sites excluding steroid dienone is 1. The molecule has 23 heavy (non-hydrogen) atoms. The molecule has 0 fully saturated rings. The largest absolute Gasteiger partial charge is 0.289 e. The average Bonchev–Trinajstić information content (AvgIpc) is 2.61. The van der Waals surface area contributed by atoms with Crippen LogP contribution < -0.4 is 0 Å². The van der Waals surface area contributed by atoms with E-state index in [9.17, 15) is 9.18 Å². The van der Waals surface area contributed by atoms with Crippen LogP contribution in [-0.4, -0.2) is 10.8 Å². The van der Waals surface area contributed by atoms with Crippen molar-refractivity contribution in [2.24, 2.45) is 0 Å². The summed E-state index contributed by atoms with van der Waals surface area (Å²) in [4.78, 5) is 16.8. The van der Waals surface area contributed by atoms with Crippen LogP contribution in [0.4, 0.5) is 4.39 Å². The Hall–Kier alpha value is -3.07. The van der Waals surface area contributed by atoms with Crippen molar-refractivity contribution in [1.82, 2.24) is 4.98 Å². The molecule has 0 unspecified atom stereocenters. The highest BCUT2D eigenvalue weighted by molar-refractivity contribution is 6.32. The van der Waals surface area contributed by atoms with Crippen LogP contribution in [0.15, 0.2) is 79.1 Å². The van der Waals surface area contributed by atoms with Gasteiger partial charge in [-0.1, -0.05) is 30.3 Å². The summed E-state index contributed by atoms with van der Waals surface area (Å²) in [6.45, 7) is 0. The maximum absolute atomic E-state index is 13.1. The molecule has 0 aliphatic heterocycles. The lowest BCUT2D eigenvalue weighted by atomic mass is 9.95. The van der Waals surface area contributed by atoms with E-state index in [4.69, 9.17) is 0 Å². The van der Waals surface area contributed by atoms with E-state index in [1.54, 1.807) is 24.5 Å². The predicted octanol–water partition coefficient (Wildman–Crippen LogP) is 4.64. The number of hydrogen-bond acceptors (Lipinski definition) is 2. The number of ketones is 1. The van der Waals surface area contributed by atoms with E-state index in [1.165, 1.54) is 24.3 Å². The van der Waals surface area contributed by atoms with Crippen LogP contribution in [0, 0.1) is 5.82 Å². The molecule has 3 rings (SSSR count). The molecule has 3 aromatic rings. The Balaban J connectivity index is 2.07. The molecular weight excluding hydrogens is 289 g/mol. The first-order chi connectivity index (χ1) is 11.2. The number of pyridine rings is 1. The number of Topliss-reactive ketones (excluding diaryl/α,β-unsaturated/α-hetero) is 1. The zero-order chi connectivity index (χ0) is 16.1. The van der Waals surface area contributed by atoms with E-state index in [0.717, 1.165) is 11.1 Å². The summed E-state index contributed by atoms with van der Waals surface area (Å²) in [6.07, 6.45) is 5.12. The van der Waals surface area contributed by atoms with Gasteiger partial charge in [0.15, 0.2) is 5.78 Å². The van der Waals surface area contributed by atoms with Crippen molar-refractivity contribution in [3.8, 4) is 0 Å². The summed E-state index contributed by atoms with van der Waals surface area (Å²) >= 11 is 0. The maximum atomic E-state index is 13.1. The highest BCUT2D eigenvalue weighted by Crippen LogP contribution is 2.22. The minimum atomic E-state index is -0.362. The molecule has 0 saturated heterocycles. The lowest BCUT2D eigenvalue weighted by Gasteiger charge is -2.08. The summed E-state index contributed by atoms with van der Waals surface area (Å²) in [5.74, 6) is -0.515. The van der Waals surface area contributed by atoms with Gasteiger partial charge < -0.3 is 0 Å². The van der Waals surface area contributed by atoms with Gasteiger partial charge in [0.05, 0.1) is 0 Å². The summed E-state index contributed by atoms with van der Waals surface area (Å²) in [7, 11) is 0. The van der Waals surface area contributed by atoms with Gasteiger partial charge in [0.2, 0.25) is 0 Å². The maximum Gasteiger partial charge on any atom is 0.193 e. The number of carbonyl (C=O) groups excluding carboxylic acids is 1. The normalized spacial score (nSPS) is 11.3.